The second-order valence-corrected chi connectivity index (χ2v) is 7.02. The molecule has 1 N–H and O–H groups in total. The number of aromatic nitrogens is 2. The van der Waals surface area contributed by atoms with Gasteiger partial charge in [0, 0.05) is 56.9 Å². The first-order valence-corrected chi connectivity index (χ1v) is 8.96. The molecule has 4 rings (SSSR count). The average Bonchev–Trinajstić information content (AvgIpc) is 2.90. The van der Waals surface area contributed by atoms with E-state index in [1.54, 1.807) is 6.20 Å². The van der Waals surface area contributed by atoms with Gasteiger partial charge in [-0.25, -0.2) is 0 Å². The zero-order valence-corrected chi connectivity index (χ0v) is 14.9. The average molecular weight is 339 g/mol. The number of hydrogen-bond donors (Lipinski definition) is 1. The minimum Gasteiger partial charge on any atom is -0.353 e. The molecule has 2 aromatic rings. The van der Waals surface area contributed by atoms with Gasteiger partial charge in [0.25, 0.3) is 0 Å². The van der Waals surface area contributed by atoms with Crippen molar-refractivity contribution in [3.8, 4) is 5.69 Å². The van der Waals surface area contributed by atoms with Gasteiger partial charge in [0.15, 0.2) is 0 Å². The largest absolute Gasteiger partial charge is 0.353 e. The van der Waals surface area contributed by atoms with Gasteiger partial charge in [-0.3, -0.25) is 19.6 Å². The standard InChI is InChI=1S/C19H25N5O/c1-14-10-16(15(2)24(14)17-4-3-5-20-11-17)12-22-8-9-23-7-6-21-19(25)18(23)13-22/h3-5,10-11,18H,6-9,12-13H2,1-2H3,(H,21,25)/t18-/m0/s1. The Bertz CT molecular complexity index is 770. The fraction of sp³-hybridized carbons (Fsp3) is 0.474. The number of carbonyl (C=O) groups is 1. The molecule has 2 fully saturated rings. The molecule has 0 aromatic carbocycles. The van der Waals surface area contributed by atoms with E-state index in [4.69, 9.17) is 0 Å². The van der Waals surface area contributed by atoms with E-state index in [0.717, 1.165) is 45.0 Å². The van der Waals surface area contributed by atoms with Crippen LogP contribution in [0.5, 0.6) is 0 Å². The summed E-state index contributed by atoms with van der Waals surface area (Å²) in [4.78, 5) is 21.1. The highest BCUT2D eigenvalue weighted by Crippen LogP contribution is 2.23. The Kier molecular flexibility index (Phi) is 4.31. The molecule has 0 spiro atoms. The van der Waals surface area contributed by atoms with Crippen molar-refractivity contribution in [1.82, 2.24) is 24.7 Å². The summed E-state index contributed by atoms with van der Waals surface area (Å²) in [6, 6.07) is 6.32. The minimum absolute atomic E-state index is 0.00399. The zero-order valence-electron chi connectivity index (χ0n) is 14.9. The number of hydrogen-bond acceptors (Lipinski definition) is 4. The summed E-state index contributed by atoms with van der Waals surface area (Å²) in [5, 5.41) is 2.99. The second-order valence-electron chi connectivity index (χ2n) is 7.02. The van der Waals surface area contributed by atoms with Crippen LogP contribution in [0.2, 0.25) is 0 Å². The van der Waals surface area contributed by atoms with E-state index in [2.05, 4.69) is 50.6 Å². The molecular formula is C19H25N5O. The summed E-state index contributed by atoms with van der Waals surface area (Å²) < 4.78 is 2.26. The highest BCUT2D eigenvalue weighted by molar-refractivity contribution is 5.82. The Morgan fingerprint density at radius 1 is 1.28 bits per heavy atom. The number of aryl methyl sites for hydroxylation is 1. The minimum atomic E-state index is 0.00399. The van der Waals surface area contributed by atoms with Crippen molar-refractivity contribution < 1.29 is 4.79 Å². The molecular weight excluding hydrogens is 314 g/mol. The smallest absolute Gasteiger partial charge is 0.238 e. The number of nitrogens with one attached hydrogen (secondary N) is 1. The molecule has 2 aliphatic rings. The van der Waals surface area contributed by atoms with Gasteiger partial charge in [-0.2, -0.15) is 0 Å². The van der Waals surface area contributed by atoms with Crippen molar-refractivity contribution in [1.29, 1.82) is 0 Å². The zero-order chi connectivity index (χ0) is 17.4. The first kappa shape index (κ1) is 16.3. The van der Waals surface area contributed by atoms with Gasteiger partial charge in [-0.15, -0.1) is 0 Å². The Morgan fingerprint density at radius 2 is 2.16 bits per heavy atom. The van der Waals surface area contributed by atoms with Crippen molar-refractivity contribution >= 4 is 5.91 Å². The molecule has 0 unspecified atom stereocenters. The van der Waals surface area contributed by atoms with Crippen LogP contribution >= 0.6 is 0 Å². The molecule has 6 heteroatoms. The van der Waals surface area contributed by atoms with Crippen molar-refractivity contribution in [2.24, 2.45) is 0 Å². The lowest BCUT2D eigenvalue weighted by Gasteiger charge is -2.43. The molecule has 4 heterocycles. The maximum Gasteiger partial charge on any atom is 0.238 e. The number of nitrogens with zero attached hydrogens (tertiary/aromatic N) is 4. The third-order valence-electron chi connectivity index (χ3n) is 5.41. The molecule has 0 bridgehead atoms. The molecule has 0 radical (unpaired) electrons. The number of carbonyl (C=O) groups excluding carboxylic acids is 1. The quantitative estimate of drug-likeness (QED) is 0.910. The van der Waals surface area contributed by atoms with Gasteiger partial charge in [-0.05, 0) is 37.6 Å². The summed E-state index contributed by atoms with van der Waals surface area (Å²) in [5.41, 5.74) is 4.89. The van der Waals surface area contributed by atoms with Gasteiger partial charge in [0.2, 0.25) is 5.91 Å². The lowest BCUT2D eigenvalue weighted by atomic mass is 10.1. The molecule has 0 saturated carbocycles. The predicted molar refractivity (Wildman–Crippen MR) is 96.7 cm³/mol. The molecule has 2 saturated heterocycles. The Balaban J connectivity index is 1.53. The van der Waals surface area contributed by atoms with Crippen LogP contribution in [0.1, 0.15) is 17.0 Å². The van der Waals surface area contributed by atoms with E-state index in [9.17, 15) is 4.79 Å². The van der Waals surface area contributed by atoms with E-state index in [1.807, 2.05) is 12.3 Å². The monoisotopic (exact) mass is 339 g/mol. The molecule has 132 valence electrons. The lowest BCUT2D eigenvalue weighted by Crippen LogP contribution is -2.63. The van der Waals surface area contributed by atoms with Gasteiger partial charge in [0.05, 0.1) is 11.9 Å². The van der Waals surface area contributed by atoms with Crippen LogP contribution in [-0.2, 0) is 11.3 Å². The summed E-state index contributed by atoms with van der Waals surface area (Å²) in [6.45, 7) is 9.73. The van der Waals surface area contributed by atoms with Crippen LogP contribution < -0.4 is 5.32 Å². The fourth-order valence-corrected chi connectivity index (χ4v) is 4.09. The van der Waals surface area contributed by atoms with Crippen LogP contribution in [0.3, 0.4) is 0 Å². The molecule has 1 atom stereocenters. The normalized spacial score (nSPS) is 21.8. The number of amides is 1. The van der Waals surface area contributed by atoms with Crippen LogP contribution in [0.25, 0.3) is 5.69 Å². The van der Waals surface area contributed by atoms with Gasteiger partial charge in [-0.1, -0.05) is 0 Å². The van der Waals surface area contributed by atoms with Crippen LogP contribution in [0, 0.1) is 13.8 Å². The van der Waals surface area contributed by atoms with Crippen molar-refractivity contribution in [3.63, 3.8) is 0 Å². The molecule has 2 aromatic heterocycles. The number of fused-ring (bicyclic) bond motifs is 1. The molecule has 6 nitrogen and oxygen atoms in total. The first-order chi connectivity index (χ1) is 12.1. The number of piperazine rings is 2. The summed E-state index contributed by atoms with van der Waals surface area (Å²) in [7, 11) is 0. The Morgan fingerprint density at radius 3 is 2.96 bits per heavy atom. The summed E-state index contributed by atoms with van der Waals surface area (Å²) >= 11 is 0. The van der Waals surface area contributed by atoms with Gasteiger partial charge in [0.1, 0.15) is 6.04 Å². The van der Waals surface area contributed by atoms with Crippen LogP contribution in [-0.4, -0.2) is 64.0 Å². The summed E-state index contributed by atoms with van der Waals surface area (Å²) in [5.74, 6) is 0.178. The maximum atomic E-state index is 12.1. The highest BCUT2D eigenvalue weighted by atomic mass is 16.2. The van der Waals surface area contributed by atoms with E-state index < -0.39 is 0 Å². The summed E-state index contributed by atoms with van der Waals surface area (Å²) in [6.07, 6.45) is 3.70. The Hall–Kier alpha value is -2.18. The third kappa shape index (κ3) is 3.07. The van der Waals surface area contributed by atoms with E-state index in [-0.39, 0.29) is 11.9 Å². The second kappa shape index (κ2) is 6.61. The van der Waals surface area contributed by atoms with Crippen LogP contribution in [0.15, 0.2) is 30.6 Å². The van der Waals surface area contributed by atoms with E-state index in [0.29, 0.717) is 0 Å². The van der Waals surface area contributed by atoms with Gasteiger partial charge >= 0.3 is 0 Å². The lowest BCUT2D eigenvalue weighted by molar-refractivity contribution is -0.131. The number of pyridine rings is 1. The van der Waals surface area contributed by atoms with E-state index >= 15 is 0 Å². The Labute approximate surface area is 148 Å². The molecule has 2 aliphatic heterocycles. The molecule has 0 aliphatic carbocycles. The van der Waals surface area contributed by atoms with Crippen molar-refractivity contribution in [2.75, 3.05) is 32.7 Å². The number of rotatable bonds is 3. The third-order valence-corrected chi connectivity index (χ3v) is 5.41. The predicted octanol–water partition coefficient (Wildman–Crippen LogP) is 1.11. The maximum absolute atomic E-state index is 12.1. The molecule has 25 heavy (non-hydrogen) atoms. The first-order valence-electron chi connectivity index (χ1n) is 8.96. The topological polar surface area (TPSA) is 53.4 Å². The van der Waals surface area contributed by atoms with Crippen molar-refractivity contribution in [2.45, 2.75) is 26.4 Å². The SMILES string of the molecule is Cc1cc(CN2CCN3CCNC(=O)[C@@H]3C2)c(C)n1-c1cccnc1. The van der Waals surface area contributed by atoms with E-state index in [1.165, 1.54) is 17.0 Å². The fourth-order valence-electron chi connectivity index (χ4n) is 4.09. The van der Waals surface area contributed by atoms with Crippen LogP contribution in [0.4, 0.5) is 0 Å². The van der Waals surface area contributed by atoms with Crippen molar-refractivity contribution in [3.05, 3.63) is 47.5 Å². The highest BCUT2D eigenvalue weighted by Gasteiger charge is 2.34. The molecule has 1 amide bonds. The van der Waals surface area contributed by atoms with Gasteiger partial charge < -0.3 is 9.88 Å².